The second kappa shape index (κ2) is 11.6. The van der Waals surface area contributed by atoms with Gasteiger partial charge in [0.25, 0.3) is 0 Å². The Labute approximate surface area is 193 Å². The highest BCUT2D eigenvalue weighted by Crippen LogP contribution is 2.29. The standard InChI is InChI=1S/C22H22N2O10/c1-11(25)7-19(27)33-17-5-3-13(9-15(17)21(29)30)23-24-14-4-6-18(16(10-14)22(31)32)34-20(28)8-12(2)26/h3-6,9-12,25-26H,7-8H2,1-2H3,(H,29,30)(H,31,32)/b24-23+/t11-,12-/m1/s1. The quantitative estimate of drug-likeness (QED) is 0.226. The monoisotopic (exact) mass is 474 g/mol. The Kier molecular flexibility index (Phi) is 8.93. The Balaban J connectivity index is 2.26. The number of hydrogen-bond acceptors (Lipinski definition) is 10. The van der Waals surface area contributed by atoms with Crippen molar-refractivity contribution < 1.29 is 49.1 Å². The summed E-state index contributed by atoms with van der Waals surface area (Å²) in [6, 6.07) is 7.25. The van der Waals surface area contributed by atoms with Crippen LogP contribution in [0.1, 0.15) is 47.4 Å². The van der Waals surface area contributed by atoms with Crippen LogP contribution in [0.15, 0.2) is 46.6 Å². The fraction of sp³-hybridized carbons (Fsp3) is 0.273. The molecule has 2 aromatic rings. The number of azo groups is 1. The number of aliphatic hydroxyl groups is 2. The number of aliphatic hydroxyl groups excluding tert-OH is 2. The molecule has 0 fully saturated rings. The number of benzene rings is 2. The number of aromatic carboxylic acids is 2. The summed E-state index contributed by atoms with van der Waals surface area (Å²) in [5.41, 5.74) is -0.613. The van der Waals surface area contributed by atoms with Crippen LogP contribution in [-0.4, -0.2) is 56.5 Å². The molecule has 180 valence electrons. The van der Waals surface area contributed by atoms with Gasteiger partial charge in [0.1, 0.15) is 22.6 Å². The number of carbonyl (C=O) groups is 4. The Hall–Kier alpha value is -4.16. The zero-order chi connectivity index (χ0) is 25.4. The minimum Gasteiger partial charge on any atom is -0.478 e. The molecule has 0 unspecified atom stereocenters. The highest BCUT2D eigenvalue weighted by atomic mass is 16.5. The van der Waals surface area contributed by atoms with Gasteiger partial charge in [-0.1, -0.05) is 0 Å². The number of hydrogen-bond donors (Lipinski definition) is 4. The van der Waals surface area contributed by atoms with Gasteiger partial charge in [-0.05, 0) is 50.2 Å². The Morgan fingerprint density at radius 1 is 0.735 bits per heavy atom. The smallest absolute Gasteiger partial charge is 0.339 e. The first-order valence-corrected chi connectivity index (χ1v) is 9.90. The highest BCUT2D eigenvalue weighted by molar-refractivity contribution is 5.94. The fourth-order valence-corrected chi connectivity index (χ4v) is 2.60. The van der Waals surface area contributed by atoms with E-state index < -0.39 is 36.1 Å². The lowest BCUT2D eigenvalue weighted by molar-refractivity contribution is -0.137. The molecule has 0 aliphatic carbocycles. The molecule has 0 amide bonds. The van der Waals surface area contributed by atoms with E-state index in [1.165, 1.54) is 38.1 Å². The van der Waals surface area contributed by atoms with Gasteiger partial charge < -0.3 is 29.9 Å². The van der Waals surface area contributed by atoms with Crippen LogP contribution in [0.2, 0.25) is 0 Å². The third kappa shape index (κ3) is 7.76. The molecular formula is C22H22N2O10. The summed E-state index contributed by atoms with van der Waals surface area (Å²) in [6.45, 7) is 2.76. The predicted molar refractivity (Wildman–Crippen MR) is 115 cm³/mol. The Morgan fingerprint density at radius 3 is 1.38 bits per heavy atom. The minimum atomic E-state index is -1.39. The molecule has 0 saturated heterocycles. The van der Waals surface area contributed by atoms with Crippen molar-refractivity contribution in [2.75, 3.05) is 0 Å². The molecule has 0 aliphatic rings. The van der Waals surface area contributed by atoms with Crippen molar-refractivity contribution in [3.8, 4) is 11.5 Å². The van der Waals surface area contributed by atoms with E-state index in [2.05, 4.69) is 10.2 Å². The molecule has 34 heavy (non-hydrogen) atoms. The molecule has 12 heteroatoms. The molecule has 0 heterocycles. The SMILES string of the molecule is C[C@@H](O)CC(=O)Oc1ccc(/N=N/c2ccc(OC(=O)C[C@@H](C)O)c(C(=O)O)c2)cc1C(=O)O. The lowest BCUT2D eigenvalue weighted by Gasteiger charge is -2.09. The van der Waals surface area contributed by atoms with Crippen molar-refractivity contribution in [2.24, 2.45) is 10.2 Å². The first-order chi connectivity index (χ1) is 16.0. The summed E-state index contributed by atoms with van der Waals surface area (Å²) >= 11 is 0. The zero-order valence-corrected chi connectivity index (χ0v) is 18.2. The van der Waals surface area contributed by atoms with E-state index in [4.69, 9.17) is 9.47 Å². The summed E-state index contributed by atoms with van der Waals surface area (Å²) in [5, 5.41) is 45.0. The van der Waals surface area contributed by atoms with Crippen molar-refractivity contribution >= 4 is 35.3 Å². The van der Waals surface area contributed by atoms with Crippen LogP contribution >= 0.6 is 0 Å². The summed E-state index contributed by atoms with van der Waals surface area (Å²) in [5.74, 6) is -4.91. The molecule has 2 atom stereocenters. The number of rotatable bonds is 10. The first-order valence-electron chi connectivity index (χ1n) is 9.90. The number of carboxylic acid groups (broad SMARTS) is 2. The van der Waals surface area contributed by atoms with Crippen molar-refractivity contribution in [1.29, 1.82) is 0 Å². The van der Waals surface area contributed by atoms with Gasteiger partial charge in [0.15, 0.2) is 0 Å². The summed E-state index contributed by atoms with van der Waals surface area (Å²) < 4.78 is 9.94. The third-order valence-corrected chi connectivity index (χ3v) is 4.04. The fourth-order valence-electron chi connectivity index (χ4n) is 2.60. The largest absolute Gasteiger partial charge is 0.478 e. The average Bonchev–Trinajstić information content (AvgIpc) is 2.72. The van der Waals surface area contributed by atoms with Gasteiger partial charge >= 0.3 is 23.9 Å². The predicted octanol–water partition coefficient (Wildman–Crippen LogP) is 2.85. The van der Waals surface area contributed by atoms with Crippen molar-refractivity contribution in [1.82, 2.24) is 0 Å². The summed E-state index contributed by atoms with van der Waals surface area (Å²) in [4.78, 5) is 46.5. The minimum absolute atomic E-state index is 0.0667. The van der Waals surface area contributed by atoms with E-state index in [1.54, 1.807) is 0 Å². The van der Waals surface area contributed by atoms with E-state index >= 15 is 0 Å². The van der Waals surface area contributed by atoms with Crippen molar-refractivity contribution in [3.63, 3.8) is 0 Å². The van der Waals surface area contributed by atoms with Crippen LogP contribution in [0.4, 0.5) is 11.4 Å². The lowest BCUT2D eigenvalue weighted by atomic mass is 10.1. The summed E-state index contributed by atoms with van der Waals surface area (Å²) in [7, 11) is 0. The molecule has 0 radical (unpaired) electrons. The molecule has 2 rings (SSSR count). The van der Waals surface area contributed by atoms with Gasteiger partial charge in [0, 0.05) is 0 Å². The first kappa shape index (κ1) is 26.1. The topological polar surface area (TPSA) is 192 Å². The molecule has 0 aliphatic heterocycles. The number of ether oxygens (including phenoxy) is 2. The Bertz CT molecular complexity index is 1040. The maximum Gasteiger partial charge on any atom is 0.339 e. The second-order valence-electron chi connectivity index (χ2n) is 7.23. The van der Waals surface area contributed by atoms with Crippen LogP contribution in [0.25, 0.3) is 0 Å². The van der Waals surface area contributed by atoms with Crippen molar-refractivity contribution in [3.05, 3.63) is 47.5 Å². The number of esters is 2. The van der Waals surface area contributed by atoms with E-state index in [1.807, 2.05) is 0 Å². The normalized spacial score (nSPS) is 12.7. The van der Waals surface area contributed by atoms with E-state index in [-0.39, 0.29) is 46.8 Å². The van der Waals surface area contributed by atoms with Crippen LogP contribution in [0.3, 0.4) is 0 Å². The highest BCUT2D eigenvalue weighted by Gasteiger charge is 2.18. The second-order valence-corrected chi connectivity index (χ2v) is 7.23. The molecular weight excluding hydrogens is 452 g/mol. The molecule has 12 nitrogen and oxygen atoms in total. The van der Waals surface area contributed by atoms with Gasteiger partial charge in [-0.2, -0.15) is 10.2 Å². The molecule has 0 saturated carbocycles. The van der Waals surface area contributed by atoms with Crippen molar-refractivity contribution in [2.45, 2.75) is 38.9 Å². The van der Waals surface area contributed by atoms with Gasteiger partial charge in [-0.25, -0.2) is 9.59 Å². The number of carbonyl (C=O) groups excluding carboxylic acids is 2. The van der Waals surface area contributed by atoms with Gasteiger partial charge in [0.2, 0.25) is 0 Å². The lowest BCUT2D eigenvalue weighted by Crippen LogP contribution is -2.16. The maximum absolute atomic E-state index is 11.7. The maximum atomic E-state index is 11.7. The van der Waals surface area contributed by atoms with Crippen LogP contribution in [0.5, 0.6) is 11.5 Å². The molecule has 2 aromatic carbocycles. The zero-order valence-electron chi connectivity index (χ0n) is 18.2. The van der Waals surface area contributed by atoms with Crippen LogP contribution < -0.4 is 9.47 Å². The molecule has 0 aromatic heterocycles. The van der Waals surface area contributed by atoms with Gasteiger partial charge in [-0.15, -0.1) is 0 Å². The molecule has 0 spiro atoms. The molecule has 4 N–H and O–H groups in total. The van der Waals surface area contributed by atoms with Crippen LogP contribution in [-0.2, 0) is 9.59 Å². The van der Waals surface area contributed by atoms with Crippen LogP contribution in [0, 0.1) is 0 Å². The number of nitrogens with zero attached hydrogens (tertiary/aromatic N) is 2. The average molecular weight is 474 g/mol. The van der Waals surface area contributed by atoms with E-state index in [0.717, 1.165) is 12.1 Å². The van der Waals surface area contributed by atoms with E-state index in [0.29, 0.717) is 0 Å². The third-order valence-electron chi connectivity index (χ3n) is 4.04. The summed E-state index contributed by atoms with van der Waals surface area (Å²) in [6.07, 6.45) is -2.57. The number of carboxylic acids is 2. The Morgan fingerprint density at radius 2 is 1.09 bits per heavy atom. The van der Waals surface area contributed by atoms with Gasteiger partial charge in [-0.3, -0.25) is 9.59 Å². The molecule has 0 bridgehead atoms. The van der Waals surface area contributed by atoms with E-state index in [9.17, 15) is 39.6 Å². The van der Waals surface area contributed by atoms with Gasteiger partial charge in [0.05, 0.1) is 36.4 Å².